The maximum Gasteiger partial charge on any atom is 0.248 e. The largest absolute Gasteiger partial charge is 0.347 e. The third-order valence-electron chi connectivity index (χ3n) is 4.47. The van der Waals surface area contributed by atoms with Crippen molar-refractivity contribution in [3.8, 4) is 0 Å². The van der Waals surface area contributed by atoms with Gasteiger partial charge in [0.2, 0.25) is 5.56 Å². The summed E-state index contributed by atoms with van der Waals surface area (Å²) in [7, 11) is 0. The average Bonchev–Trinajstić information content (AvgIpc) is 2.70. The minimum Gasteiger partial charge on any atom is -0.347 e. The summed E-state index contributed by atoms with van der Waals surface area (Å²) >= 11 is 6.33. The van der Waals surface area contributed by atoms with Gasteiger partial charge in [-0.05, 0) is 23.3 Å². The monoisotopic (exact) mass is 394 g/mol. The number of hydrogen-bond donors (Lipinski definition) is 1. The SMILES string of the molecule is O=c1cc(CN(Cc2ccccc2Cl)c2cnccn2)c2cccc(F)c2[nH]1. The van der Waals surface area contributed by atoms with Crippen molar-refractivity contribution < 1.29 is 4.39 Å². The lowest BCUT2D eigenvalue weighted by molar-refractivity contribution is 0.636. The molecule has 28 heavy (non-hydrogen) atoms. The molecule has 1 N–H and O–H groups in total. The smallest absolute Gasteiger partial charge is 0.248 e. The van der Waals surface area contributed by atoms with E-state index in [4.69, 9.17) is 11.6 Å². The van der Waals surface area contributed by atoms with E-state index in [9.17, 15) is 9.18 Å². The van der Waals surface area contributed by atoms with Crippen LogP contribution in [0.4, 0.5) is 10.2 Å². The van der Waals surface area contributed by atoms with Crippen LogP contribution in [0.5, 0.6) is 0 Å². The molecule has 0 amide bonds. The number of para-hydroxylation sites is 1. The van der Waals surface area contributed by atoms with Crippen molar-refractivity contribution in [1.82, 2.24) is 15.0 Å². The average molecular weight is 395 g/mol. The van der Waals surface area contributed by atoms with E-state index in [0.29, 0.717) is 34.9 Å². The van der Waals surface area contributed by atoms with E-state index in [1.165, 1.54) is 12.1 Å². The summed E-state index contributed by atoms with van der Waals surface area (Å²) in [4.78, 5) is 25.1. The molecule has 2 heterocycles. The fourth-order valence-electron chi connectivity index (χ4n) is 3.16. The first-order valence-corrected chi connectivity index (χ1v) is 9.04. The van der Waals surface area contributed by atoms with Gasteiger partial charge >= 0.3 is 0 Å². The van der Waals surface area contributed by atoms with Gasteiger partial charge in [-0.2, -0.15) is 0 Å². The van der Waals surface area contributed by atoms with Crippen LogP contribution in [0.2, 0.25) is 5.02 Å². The van der Waals surface area contributed by atoms with Gasteiger partial charge in [-0.15, -0.1) is 0 Å². The summed E-state index contributed by atoms with van der Waals surface area (Å²) in [5, 5.41) is 1.28. The topological polar surface area (TPSA) is 61.9 Å². The van der Waals surface area contributed by atoms with Crippen LogP contribution in [0.3, 0.4) is 0 Å². The fourth-order valence-corrected chi connectivity index (χ4v) is 3.35. The predicted octanol–water partition coefficient (Wildman–Crippen LogP) is 4.32. The van der Waals surface area contributed by atoms with Gasteiger partial charge in [0.05, 0.1) is 11.7 Å². The molecule has 0 aliphatic carbocycles. The highest BCUT2D eigenvalue weighted by molar-refractivity contribution is 6.31. The van der Waals surface area contributed by atoms with Gasteiger partial charge in [-0.1, -0.05) is 41.9 Å². The maximum atomic E-state index is 14.2. The molecule has 4 aromatic rings. The molecular formula is C21H16ClFN4O. The van der Waals surface area contributed by atoms with E-state index in [1.807, 2.05) is 29.2 Å². The molecule has 0 aliphatic heterocycles. The number of nitrogens with zero attached hydrogens (tertiary/aromatic N) is 3. The summed E-state index contributed by atoms with van der Waals surface area (Å²) in [6, 6.07) is 13.8. The molecule has 0 aliphatic rings. The van der Waals surface area contributed by atoms with Crippen molar-refractivity contribution in [2.75, 3.05) is 4.90 Å². The van der Waals surface area contributed by atoms with Crippen LogP contribution < -0.4 is 10.5 Å². The molecule has 7 heteroatoms. The zero-order valence-electron chi connectivity index (χ0n) is 14.8. The number of hydrogen-bond acceptors (Lipinski definition) is 4. The molecule has 0 saturated carbocycles. The molecule has 0 unspecified atom stereocenters. The number of fused-ring (bicyclic) bond motifs is 1. The number of benzene rings is 2. The first-order valence-electron chi connectivity index (χ1n) is 8.66. The number of H-pyrrole nitrogens is 1. The number of rotatable bonds is 5. The number of aromatic nitrogens is 3. The Morgan fingerprint density at radius 1 is 1.04 bits per heavy atom. The Hall–Kier alpha value is -3.25. The van der Waals surface area contributed by atoms with Gasteiger partial charge in [-0.25, -0.2) is 9.37 Å². The first kappa shape index (κ1) is 18.1. The number of nitrogens with one attached hydrogen (secondary N) is 1. The highest BCUT2D eigenvalue weighted by atomic mass is 35.5. The van der Waals surface area contributed by atoms with Crippen molar-refractivity contribution in [1.29, 1.82) is 0 Å². The molecule has 5 nitrogen and oxygen atoms in total. The van der Waals surface area contributed by atoms with E-state index >= 15 is 0 Å². The zero-order valence-corrected chi connectivity index (χ0v) is 15.5. The molecule has 0 saturated heterocycles. The van der Waals surface area contributed by atoms with Gasteiger partial charge in [-0.3, -0.25) is 9.78 Å². The molecule has 0 fully saturated rings. The second-order valence-electron chi connectivity index (χ2n) is 6.33. The summed E-state index contributed by atoms with van der Waals surface area (Å²) in [5.41, 5.74) is 1.44. The molecule has 140 valence electrons. The second kappa shape index (κ2) is 7.78. The highest BCUT2D eigenvalue weighted by Crippen LogP contribution is 2.24. The molecule has 0 atom stereocenters. The summed E-state index contributed by atoms with van der Waals surface area (Å²) < 4.78 is 14.2. The van der Waals surface area contributed by atoms with Crippen LogP contribution in [-0.4, -0.2) is 15.0 Å². The minimum atomic E-state index is -0.464. The Morgan fingerprint density at radius 2 is 1.86 bits per heavy atom. The van der Waals surface area contributed by atoms with Crippen molar-refractivity contribution >= 4 is 28.3 Å². The van der Waals surface area contributed by atoms with E-state index in [2.05, 4.69) is 15.0 Å². The Morgan fingerprint density at radius 3 is 2.64 bits per heavy atom. The van der Waals surface area contributed by atoms with Gasteiger partial charge in [0.25, 0.3) is 0 Å². The number of aromatic amines is 1. The van der Waals surface area contributed by atoms with Crippen molar-refractivity contribution in [3.05, 3.63) is 99.4 Å². The van der Waals surface area contributed by atoms with Crippen LogP contribution in [0, 0.1) is 5.82 Å². The Labute approximate surface area is 165 Å². The molecule has 2 aromatic carbocycles. The Kier molecular flexibility index (Phi) is 5.04. The van der Waals surface area contributed by atoms with E-state index < -0.39 is 5.82 Å². The summed E-state index contributed by atoms with van der Waals surface area (Å²) in [5.74, 6) is 0.167. The zero-order chi connectivity index (χ0) is 19.5. The lowest BCUT2D eigenvalue weighted by Crippen LogP contribution is -2.24. The fraction of sp³-hybridized carbons (Fsp3) is 0.0952. The highest BCUT2D eigenvalue weighted by Gasteiger charge is 2.15. The van der Waals surface area contributed by atoms with Gasteiger partial charge < -0.3 is 9.88 Å². The maximum absolute atomic E-state index is 14.2. The number of pyridine rings is 1. The van der Waals surface area contributed by atoms with Crippen molar-refractivity contribution in [2.24, 2.45) is 0 Å². The van der Waals surface area contributed by atoms with Crippen LogP contribution in [0.25, 0.3) is 10.9 Å². The molecule has 0 spiro atoms. The van der Waals surface area contributed by atoms with E-state index in [-0.39, 0.29) is 11.1 Å². The molecule has 2 aromatic heterocycles. The van der Waals surface area contributed by atoms with Gasteiger partial charge in [0.1, 0.15) is 11.6 Å². The summed E-state index contributed by atoms with van der Waals surface area (Å²) in [6.45, 7) is 0.801. The molecular weight excluding hydrogens is 379 g/mol. The van der Waals surface area contributed by atoms with Gasteiger partial charge in [0.15, 0.2) is 0 Å². The van der Waals surface area contributed by atoms with Crippen LogP contribution in [0.15, 0.2) is 71.9 Å². The first-order chi connectivity index (χ1) is 13.6. The quantitative estimate of drug-likeness (QED) is 0.547. The predicted molar refractivity (Wildman–Crippen MR) is 108 cm³/mol. The molecule has 0 bridgehead atoms. The third-order valence-corrected chi connectivity index (χ3v) is 4.84. The third kappa shape index (κ3) is 3.73. The van der Waals surface area contributed by atoms with Crippen molar-refractivity contribution in [3.63, 3.8) is 0 Å². The van der Waals surface area contributed by atoms with Gasteiger partial charge in [0, 0.05) is 42.0 Å². The standard InChI is InChI=1S/C21H16ClFN4O/c22-17-6-2-1-4-14(17)12-27(19-11-24-8-9-25-19)13-15-10-20(28)26-21-16(15)5-3-7-18(21)23/h1-11H,12-13H2,(H,26,28). The molecule has 0 radical (unpaired) electrons. The second-order valence-corrected chi connectivity index (χ2v) is 6.74. The molecule has 4 rings (SSSR count). The van der Waals surface area contributed by atoms with Crippen LogP contribution in [0.1, 0.15) is 11.1 Å². The van der Waals surface area contributed by atoms with E-state index in [1.54, 1.807) is 30.7 Å². The minimum absolute atomic E-state index is 0.196. The Balaban J connectivity index is 1.79. The summed E-state index contributed by atoms with van der Waals surface area (Å²) in [6.07, 6.45) is 4.84. The lowest BCUT2D eigenvalue weighted by atomic mass is 10.1. The van der Waals surface area contributed by atoms with Crippen LogP contribution in [-0.2, 0) is 13.1 Å². The lowest BCUT2D eigenvalue weighted by Gasteiger charge is -2.24. The van der Waals surface area contributed by atoms with Crippen molar-refractivity contribution in [2.45, 2.75) is 13.1 Å². The number of anilines is 1. The van der Waals surface area contributed by atoms with E-state index in [0.717, 1.165) is 5.56 Å². The number of halogens is 2. The normalized spacial score (nSPS) is 10.9. The van der Waals surface area contributed by atoms with Crippen LogP contribution >= 0.6 is 11.6 Å². The Bertz CT molecular complexity index is 1180.